The van der Waals surface area contributed by atoms with E-state index in [0.717, 1.165) is 42.1 Å². The van der Waals surface area contributed by atoms with Gasteiger partial charge in [-0.05, 0) is 25.3 Å². The van der Waals surface area contributed by atoms with Crippen molar-refractivity contribution in [3.63, 3.8) is 0 Å². The van der Waals surface area contributed by atoms with Crippen LogP contribution in [-0.2, 0) is 6.42 Å². The molecule has 2 aromatic heterocycles. The van der Waals surface area contributed by atoms with E-state index in [2.05, 4.69) is 22.9 Å². The molecular weight excluding hydrogens is 290 g/mol. The van der Waals surface area contributed by atoms with Crippen LogP contribution in [-0.4, -0.2) is 23.1 Å². The van der Waals surface area contributed by atoms with E-state index in [9.17, 15) is 0 Å². The number of hydrogen-bond acceptors (Lipinski definition) is 4. The fraction of sp³-hybridized carbons (Fsp3) is 0.600. The van der Waals surface area contributed by atoms with Crippen molar-refractivity contribution in [2.75, 3.05) is 18.0 Å². The summed E-state index contributed by atoms with van der Waals surface area (Å²) in [5.74, 6) is 0.814. The van der Waals surface area contributed by atoms with Crippen LogP contribution in [0, 0.1) is 0 Å². The Morgan fingerprint density at radius 1 is 1.20 bits per heavy atom. The number of fused-ring (bicyclic) bond motifs is 1. The molecule has 1 aliphatic heterocycles. The van der Waals surface area contributed by atoms with Crippen molar-refractivity contribution in [3.05, 3.63) is 16.1 Å². The first-order valence-electron chi connectivity index (χ1n) is 7.49. The Labute approximate surface area is 129 Å². The van der Waals surface area contributed by atoms with Crippen LogP contribution in [0.5, 0.6) is 0 Å². The van der Waals surface area contributed by atoms with Gasteiger partial charge in [0.1, 0.15) is 9.98 Å². The van der Waals surface area contributed by atoms with E-state index in [-0.39, 0.29) is 0 Å². The highest BCUT2D eigenvalue weighted by atomic mass is 35.5. The maximum Gasteiger partial charge on any atom is 0.228 e. The van der Waals surface area contributed by atoms with Crippen LogP contribution in [0.2, 0.25) is 5.15 Å². The SMILES string of the molecule is CCCc1cc2c(Cl)nc(N3CCCCCC3)nc2s1. The van der Waals surface area contributed by atoms with Crippen LogP contribution >= 0.6 is 22.9 Å². The average molecular weight is 310 g/mol. The predicted molar refractivity (Wildman–Crippen MR) is 87.1 cm³/mol. The van der Waals surface area contributed by atoms with Crippen LogP contribution in [0.25, 0.3) is 10.2 Å². The lowest BCUT2D eigenvalue weighted by molar-refractivity contribution is 0.726. The molecule has 20 heavy (non-hydrogen) atoms. The van der Waals surface area contributed by atoms with Gasteiger partial charge < -0.3 is 4.90 Å². The largest absolute Gasteiger partial charge is 0.341 e. The number of anilines is 1. The second-order valence-corrected chi connectivity index (χ2v) is 6.87. The number of thiophene rings is 1. The number of rotatable bonds is 3. The van der Waals surface area contributed by atoms with Gasteiger partial charge in [0.15, 0.2) is 0 Å². The Morgan fingerprint density at radius 3 is 2.65 bits per heavy atom. The molecule has 3 heterocycles. The molecule has 3 nitrogen and oxygen atoms in total. The summed E-state index contributed by atoms with van der Waals surface area (Å²) in [5.41, 5.74) is 0. The summed E-state index contributed by atoms with van der Waals surface area (Å²) in [6.07, 6.45) is 7.32. The molecule has 0 saturated carbocycles. The molecule has 0 aromatic carbocycles. The van der Waals surface area contributed by atoms with E-state index >= 15 is 0 Å². The summed E-state index contributed by atoms with van der Waals surface area (Å²) in [6.45, 7) is 4.30. The Kier molecular flexibility index (Phi) is 4.41. The molecule has 0 bridgehead atoms. The molecule has 1 fully saturated rings. The van der Waals surface area contributed by atoms with Crippen molar-refractivity contribution in [3.8, 4) is 0 Å². The summed E-state index contributed by atoms with van der Waals surface area (Å²) >= 11 is 8.12. The summed E-state index contributed by atoms with van der Waals surface area (Å²) in [5, 5.41) is 1.62. The zero-order chi connectivity index (χ0) is 13.9. The Bertz CT molecular complexity index is 588. The van der Waals surface area contributed by atoms with Gasteiger partial charge in [-0.1, -0.05) is 37.8 Å². The van der Waals surface area contributed by atoms with Gasteiger partial charge in [0.2, 0.25) is 5.95 Å². The van der Waals surface area contributed by atoms with E-state index in [1.165, 1.54) is 30.6 Å². The van der Waals surface area contributed by atoms with Crippen molar-refractivity contribution < 1.29 is 0 Å². The standard InChI is InChI=1S/C15H20ClN3S/c1-2-7-11-10-12-13(16)17-15(18-14(12)20-11)19-8-5-3-4-6-9-19/h10H,2-9H2,1H3. The van der Waals surface area contributed by atoms with E-state index in [1.54, 1.807) is 11.3 Å². The molecule has 2 aromatic rings. The minimum atomic E-state index is 0.604. The van der Waals surface area contributed by atoms with Crippen LogP contribution < -0.4 is 4.90 Å². The van der Waals surface area contributed by atoms with Crippen molar-refractivity contribution in [2.24, 2.45) is 0 Å². The molecule has 0 aliphatic carbocycles. The minimum absolute atomic E-state index is 0.604. The number of nitrogens with zero attached hydrogens (tertiary/aromatic N) is 3. The Balaban J connectivity index is 1.95. The third kappa shape index (κ3) is 2.91. The second kappa shape index (κ2) is 6.27. The maximum absolute atomic E-state index is 6.36. The molecule has 0 N–H and O–H groups in total. The topological polar surface area (TPSA) is 29.0 Å². The van der Waals surface area contributed by atoms with Crippen LogP contribution in [0.1, 0.15) is 43.9 Å². The molecule has 0 atom stereocenters. The number of hydrogen-bond donors (Lipinski definition) is 0. The molecular formula is C15H20ClN3S. The van der Waals surface area contributed by atoms with Crippen molar-refractivity contribution in [2.45, 2.75) is 45.4 Å². The van der Waals surface area contributed by atoms with Crippen molar-refractivity contribution >= 4 is 39.1 Å². The Hall–Kier alpha value is -0.870. The highest BCUT2D eigenvalue weighted by Gasteiger charge is 2.16. The zero-order valence-corrected chi connectivity index (χ0v) is 13.4. The van der Waals surface area contributed by atoms with E-state index in [0.29, 0.717) is 5.15 Å². The second-order valence-electron chi connectivity index (χ2n) is 5.40. The van der Waals surface area contributed by atoms with Crippen molar-refractivity contribution in [1.82, 2.24) is 9.97 Å². The molecule has 0 radical (unpaired) electrons. The monoisotopic (exact) mass is 309 g/mol. The average Bonchev–Trinajstić information content (AvgIpc) is 2.67. The smallest absolute Gasteiger partial charge is 0.228 e. The van der Waals surface area contributed by atoms with Gasteiger partial charge in [-0.15, -0.1) is 11.3 Å². The highest BCUT2D eigenvalue weighted by molar-refractivity contribution is 7.18. The van der Waals surface area contributed by atoms with E-state index < -0.39 is 0 Å². The lowest BCUT2D eigenvalue weighted by atomic mass is 10.2. The van der Waals surface area contributed by atoms with Crippen molar-refractivity contribution in [1.29, 1.82) is 0 Å². The predicted octanol–water partition coefficient (Wildman–Crippen LogP) is 4.68. The molecule has 0 amide bonds. The lowest BCUT2D eigenvalue weighted by Gasteiger charge is -2.20. The lowest BCUT2D eigenvalue weighted by Crippen LogP contribution is -2.25. The van der Waals surface area contributed by atoms with Crippen LogP contribution in [0.3, 0.4) is 0 Å². The fourth-order valence-corrected chi connectivity index (χ4v) is 4.11. The summed E-state index contributed by atoms with van der Waals surface area (Å²) < 4.78 is 0. The number of aromatic nitrogens is 2. The van der Waals surface area contributed by atoms with Gasteiger partial charge in [0.05, 0.1) is 0 Å². The normalized spacial score (nSPS) is 16.6. The number of halogens is 1. The van der Waals surface area contributed by atoms with Gasteiger partial charge in [0, 0.05) is 23.4 Å². The molecule has 108 valence electrons. The molecule has 5 heteroatoms. The van der Waals surface area contributed by atoms with E-state index in [1.807, 2.05) is 0 Å². The molecule has 1 aliphatic rings. The van der Waals surface area contributed by atoms with Gasteiger partial charge >= 0.3 is 0 Å². The first kappa shape index (κ1) is 14.1. The molecule has 0 spiro atoms. The van der Waals surface area contributed by atoms with Gasteiger partial charge in [-0.25, -0.2) is 9.97 Å². The quantitative estimate of drug-likeness (QED) is 0.771. The third-order valence-electron chi connectivity index (χ3n) is 3.77. The fourth-order valence-electron chi connectivity index (χ4n) is 2.71. The summed E-state index contributed by atoms with van der Waals surface area (Å²) in [7, 11) is 0. The first-order chi connectivity index (χ1) is 9.78. The van der Waals surface area contributed by atoms with Gasteiger partial charge in [-0.2, -0.15) is 0 Å². The summed E-state index contributed by atoms with van der Waals surface area (Å²) in [4.78, 5) is 14.0. The van der Waals surface area contributed by atoms with Gasteiger partial charge in [0.25, 0.3) is 0 Å². The minimum Gasteiger partial charge on any atom is -0.341 e. The van der Waals surface area contributed by atoms with Crippen LogP contribution in [0.4, 0.5) is 5.95 Å². The Morgan fingerprint density at radius 2 is 1.95 bits per heavy atom. The first-order valence-corrected chi connectivity index (χ1v) is 8.68. The molecule has 1 saturated heterocycles. The van der Waals surface area contributed by atoms with Crippen LogP contribution in [0.15, 0.2) is 6.07 Å². The third-order valence-corrected chi connectivity index (χ3v) is 5.15. The highest BCUT2D eigenvalue weighted by Crippen LogP contribution is 2.31. The summed E-state index contributed by atoms with van der Waals surface area (Å²) in [6, 6.07) is 2.15. The molecule has 0 unspecified atom stereocenters. The zero-order valence-electron chi connectivity index (χ0n) is 11.9. The molecule has 3 rings (SSSR count). The van der Waals surface area contributed by atoms with Gasteiger partial charge in [-0.3, -0.25) is 0 Å². The maximum atomic E-state index is 6.36. The number of aryl methyl sites for hydroxylation is 1. The van der Waals surface area contributed by atoms with E-state index in [4.69, 9.17) is 16.6 Å².